The first kappa shape index (κ1) is 18.8. The maximum Gasteiger partial charge on any atom is 0.111 e. The fourth-order valence-corrected chi connectivity index (χ4v) is 2.85. The standard InChI is InChI=1S/C17H17Cl2N5O/c1-2-24(9-3-8-20)14-6-4-12(5-7-14)21-22-17-15(18)10-13(23-25)11-16(17)19/h4-7,10-11,21-22H,2-3,9H2,1H3. The Morgan fingerprint density at radius 2 is 1.80 bits per heavy atom. The summed E-state index contributed by atoms with van der Waals surface area (Å²) in [6.07, 6.45) is 0.484. The Balaban J connectivity index is 2.05. The maximum absolute atomic E-state index is 10.6. The molecule has 130 valence electrons. The minimum atomic E-state index is 0.168. The summed E-state index contributed by atoms with van der Waals surface area (Å²) in [7, 11) is 0. The van der Waals surface area contributed by atoms with Crippen molar-refractivity contribution in [2.45, 2.75) is 13.3 Å². The predicted octanol–water partition coefficient (Wildman–Crippen LogP) is 5.57. The molecular weight excluding hydrogens is 361 g/mol. The largest absolute Gasteiger partial charge is 0.371 e. The van der Waals surface area contributed by atoms with Crippen LogP contribution in [0.2, 0.25) is 10.0 Å². The van der Waals surface area contributed by atoms with Gasteiger partial charge in [-0.2, -0.15) is 5.26 Å². The first-order valence-corrected chi connectivity index (χ1v) is 8.41. The second-order valence-electron chi connectivity index (χ2n) is 5.16. The highest BCUT2D eigenvalue weighted by Gasteiger charge is 2.09. The third-order valence-electron chi connectivity index (χ3n) is 3.57. The quantitative estimate of drug-likeness (QED) is 0.464. The number of nitriles is 1. The van der Waals surface area contributed by atoms with Crippen molar-refractivity contribution in [2.24, 2.45) is 5.18 Å². The molecular formula is C17H17Cl2N5O. The summed E-state index contributed by atoms with van der Waals surface area (Å²) in [6.45, 7) is 3.57. The third kappa shape index (κ3) is 4.99. The summed E-state index contributed by atoms with van der Waals surface area (Å²) in [5.74, 6) is 0. The van der Waals surface area contributed by atoms with Gasteiger partial charge in [0.1, 0.15) is 5.69 Å². The molecule has 6 nitrogen and oxygen atoms in total. The van der Waals surface area contributed by atoms with Gasteiger partial charge < -0.3 is 10.3 Å². The smallest absolute Gasteiger partial charge is 0.111 e. The number of hydrazine groups is 1. The molecule has 0 heterocycles. The first-order valence-electron chi connectivity index (χ1n) is 7.65. The molecule has 0 bridgehead atoms. The van der Waals surface area contributed by atoms with E-state index in [1.54, 1.807) is 0 Å². The number of nitrogens with zero attached hydrogens (tertiary/aromatic N) is 3. The van der Waals surface area contributed by atoms with E-state index < -0.39 is 0 Å². The van der Waals surface area contributed by atoms with E-state index in [0.717, 1.165) is 17.9 Å². The number of hydrogen-bond donors (Lipinski definition) is 2. The van der Waals surface area contributed by atoms with Crippen LogP contribution >= 0.6 is 23.2 Å². The van der Waals surface area contributed by atoms with Crippen molar-refractivity contribution in [3.05, 3.63) is 51.4 Å². The van der Waals surface area contributed by atoms with Crippen LogP contribution in [0.25, 0.3) is 0 Å². The maximum atomic E-state index is 10.6. The van der Waals surface area contributed by atoms with E-state index in [1.807, 2.05) is 31.2 Å². The van der Waals surface area contributed by atoms with Crippen molar-refractivity contribution in [2.75, 3.05) is 28.8 Å². The molecule has 0 spiro atoms. The van der Waals surface area contributed by atoms with Crippen molar-refractivity contribution < 1.29 is 0 Å². The van der Waals surface area contributed by atoms with Crippen LogP contribution in [0.4, 0.5) is 22.7 Å². The summed E-state index contributed by atoms with van der Waals surface area (Å²) in [5.41, 5.74) is 8.42. The number of anilines is 3. The minimum absolute atomic E-state index is 0.168. The highest BCUT2D eigenvalue weighted by atomic mass is 35.5. The predicted molar refractivity (Wildman–Crippen MR) is 104 cm³/mol. The van der Waals surface area contributed by atoms with Crippen LogP contribution < -0.4 is 15.8 Å². The monoisotopic (exact) mass is 377 g/mol. The van der Waals surface area contributed by atoms with Crippen molar-refractivity contribution in [1.29, 1.82) is 5.26 Å². The lowest BCUT2D eigenvalue weighted by atomic mass is 10.2. The number of benzene rings is 2. The van der Waals surface area contributed by atoms with Crippen LogP contribution in [0.15, 0.2) is 41.6 Å². The van der Waals surface area contributed by atoms with E-state index in [4.69, 9.17) is 28.5 Å². The van der Waals surface area contributed by atoms with Crippen molar-refractivity contribution >= 4 is 46.0 Å². The first-order chi connectivity index (χ1) is 12.1. The molecule has 8 heteroatoms. The van der Waals surface area contributed by atoms with Gasteiger partial charge in [0.15, 0.2) is 0 Å². The zero-order valence-corrected chi connectivity index (χ0v) is 15.1. The van der Waals surface area contributed by atoms with Gasteiger partial charge in [-0.15, -0.1) is 4.91 Å². The number of hydrogen-bond acceptors (Lipinski definition) is 6. The van der Waals surface area contributed by atoms with Crippen LogP contribution in [0.3, 0.4) is 0 Å². The molecule has 0 aromatic heterocycles. The van der Waals surface area contributed by atoms with E-state index >= 15 is 0 Å². The van der Waals surface area contributed by atoms with Gasteiger partial charge in [-0.05, 0) is 48.5 Å². The molecule has 0 radical (unpaired) electrons. The fraction of sp³-hybridized carbons (Fsp3) is 0.235. The van der Waals surface area contributed by atoms with E-state index in [-0.39, 0.29) is 5.69 Å². The highest BCUT2D eigenvalue weighted by Crippen LogP contribution is 2.34. The van der Waals surface area contributed by atoms with Gasteiger partial charge in [0.2, 0.25) is 0 Å². The molecule has 2 aromatic carbocycles. The lowest BCUT2D eigenvalue weighted by molar-refractivity contribution is 0.827. The van der Waals surface area contributed by atoms with Crippen molar-refractivity contribution in [1.82, 2.24) is 0 Å². The van der Waals surface area contributed by atoms with Gasteiger partial charge in [-0.3, -0.25) is 5.43 Å². The number of nitroso groups, excluding NO2 is 1. The van der Waals surface area contributed by atoms with E-state index in [9.17, 15) is 4.91 Å². The molecule has 2 rings (SSSR count). The Morgan fingerprint density at radius 3 is 2.32 bits per heavy atom. The van der Waals surface area contributed by atoms with Gasteiger partial charge >= 0.3 is 0 Å². The van der Waals surface area contributed by atoms with Gasteiger partial charge in [0.05, 0.1) is 33.9 Å². The van der Waals surface area contributed by atoms with Crippen LogP contribution in [0.5, 0.6) is 0 Å². The average molecular weight is 378 g/mol. The van der Waals surface area contributed by atoms with Gasteiger partial charge in [-0.1, -0.05) is 23.2 Å². The lowest BCUT2D eigenvalue weighted by Crippen LogP contribution is -2.23. The zero-order valence-electron chi connectivity index (χ0n) is 13.6. The molecule has 0 aliphatic carbocycles. The number of nitrogens with one attached hydrogen (secondary N) is 2. The summed E-state index contributed by atoms with van der Waals surface area (Å²) in [6, 6.07) is 12.8. The molecule has 0 saturated carbocycles. The highest BCUT2D eigenvalue weighted by molar-refractivity contribution is 6.39. The Labute approximate surface area is 156 Å². The molecule has 25 heavy (non-hydrogen) atoms. The Morgan fingerprint density at radius 1 is 1.16 bits per heavy atom. The molecule has 0 aliphatic heterocycles. The summed E-state index contributed by atoms with van der Waals surface area (Å²) in [4.78, 5) is 12.7. The van der Waals surface area contributed by atoms with Gasteiger partial charge in [0.25, 0.3) is 0 Å². The molecule has 0 aliphatic rings. The number of rotatable bonds is 8. The normalized spacial score (nSPS) is 10.0. The zero-order chi connectivity index (χ0) is 18.2. The Hall–Kier alpha value is -2.49. The van der Waals surface area contributed by atoms with Crippen molar-refractivity contribution in [3.8, 4) is 6.07 Å². The number of halogens is 2. The van der Waals surface area contributed by atoms with E-state index in [2.05, 4.69) is 27.0 Å². The molecule has 0 atom stereocenters. The fourth-order valence-electron chi connectivity index (χ4n) is 2.28. The summed E-state index contributed by atoms with van der Waals surface area (Å²) in [5, 5.41) is 12.1. The third-order valence-corrected chi connectivity index (χ3v) is 4.17. The molecule has 0 fully saturated rings. The second kappa shape index (κ2) is 9.11. The van der Waals surface area contributed by atoms with Gasteiger partial charge in [-0.25, -0.2) is 0 Å². The molecule has 0 amide bonds. The van der Waals surface area contributed by atoms with Crippen LogP contribution in [0, 0.1) is 16.2 Å². The molecule has 2 N–H and O–H groups in total. The average Bonchev–Trinajstić information content (AvgIpc) is 2.62. The topological polar surface area (TPSA) is 80.5 Å². The molecule has 0 saturated heterocycles. The van der Waals surface area contributed by atoms with Crippen LogP contribution in [-0.4, -0.2) is 13.1 Å². The summed E-state index contributed by atoms with van der Waals surface area (Å²) >= 11 is 12.2. The van der Waals surface area contributed by atoms with Crippen LogP contribution in [-0.2, 0) is 0 Å². The van der Waals surface area contributed by atoms with Gasteiger partial charge in [0, 0.05) is 18.8 Å². The minimum Gasteiger partial charge on any atom is -0.371 e. The second-order valence-corrected chi connectivity index (χ2v) is 5.97. The summed E-state index contributed by atoms with van der Waals surface area (Å²) < 4.78 is 0. The molecule has 0 unspecified atom stereocenters. The van der Waals surface area contributed by atoms with Crippen molar-refractivity contribution in [3.63, 3.8) is 0 Å². The lowest BCUT2D eigenvalue weighted by Gasteiger charge is -2.22. The molecule has 2 aromatic rings. The SMILES string of the molecule is CCN(CCC#N)c1ccc(NNc2c(Cl)cc(N=O)cc2Cl)cc1. The Bertz CT molecular complexity index is 751. The van der Waals surface area contributed by atoms with E-state index in [0.29, 0.717) is 28.7 Å². The Kier molecular flexibility index (Phi) is 6.87. The van der Waals surface area contributed by atoms with E-state index in [1.165, 1.54) is 12.1 Å². The van der Waals surface area contributed by atoms with Crippen LogP contribution in [0.1, 0.15) is 13.3 Å².